The van der Waals surface area contributed by atoms with E-state index in [-0.39, 0.29) is 6.61 Å². The van der Waals surface area contributed by atoms with Crippen LogP contribution in [0, 0.1) is 0 Å². The minimum atomic E-state index is -0.466. The number of rotatable bonds is 3. The van der Waals surface area contributed by atoms with Crippen LogP contribution in [0.4, 0.5) is 0 Å². The molecule has 0 saturated carbocycles. The highest BCUT2D eigenvalue weighted by molar-refractivity contribution is 9.10. The normalized spacial score (nSPS) is 16.0. The lowest BCUT2D eigenvalue weighted by Gasteiger charge is -2.22. The van der Waals surface area contributed by atoms with Crippen molar-refractivity contribution in [3.63, 3.8) is 0 Å². The van der Waals surface area contributed by atoms with E-state index in [1.165, 1.54) is 0 Å². The van der Waals surface area contributed by atoms with Crippen molar-refractivity contribution in [1.29, 1.82) is 0 Å². The average molecular weight is 234 g/mol. The quantitative estimate of drug-likeness (QED) is 0.827. The van der Waals surface area contributed by atoms with Crippen LogP contribution in [0.1, 0.15) is 12.7 Å². The van der Waals surface area contributed by atoms with Gasteiger partial charge in [-0.25, -0.2) is 0 Å². The number of halogens is 1. The number of aliphatic hydroxyl groups is 1. The van der Waals surface area contributed by atoms with E-state index in [1.54, 1.807) is 6.07 Å². The summed E-state index contributed by atoms with van der Waals surface area (Å²) >= 11 is 3.19. The van der Waals surface area contributed by atoms with Gasteiger partial charge in [0.05, 0.1) is 12.0 Å². The SMILES string of the molecule is CC(CN)(CO)c1ccc(Br)o1. The highest BCUT2D eigenvalue weighted by Gasteiger charge is 2.27. The molecule has 1 atom stereocenters. The third kappa shape index (κ3) is 1.71. The fourth-order valence-electron chi connectivity index (χ4n) is 0.882. The average Bonchev–Trinajstić information content (AvgIpc) is 2.51. The molecule has 1 aromatic heterocycles. The zero-order valence-corrected chi connectivity index (χ0v) is 8.47. The number of hydrogen-bond donors (Lipinski definition) is 2. The van der Waals surface area contributed by atoms with E-state index >= 15 is 0 Å². The maximum Gasteiger partial charge on any atom is 0.169 e. The first-order valence-corrected chi connectivity index (χ1v) is 4.48. The van der Waals surface area contributed by atoms with Crippen molar-refractivity contribution >= 4 is 15.9 Å². The Morgan fingerprint density at radius 3 is 2.67 bits per heavy atom. The van der Waals surface area contributed by atoms with Crippen LogP contribution in [0.5, 0.6) is 0 Å². The van der Waals surface area contributed by atoms with Gasteiger partial charge < -0.3 is 15.3 Å². The van der Waals surface area contributed by atoms with Gasteiger partial charge in [0.2, 0.25) is 0 Å². The van der Waals surface area contributed by atoms with Gasteiger partial charge in [0, 0.05) is 6.54 Å². The van der Waals surface area contributed by atoms with Gasteiger partial charge in [-0.05, 0) is 35.0 Å². The summed E-state index contributed by atoms with van der Waals surface area (Å²) in [6.45, 7) is 2.21. The summed E-state index contributed by atoms with van der Waals surface area (Å²) < 4.78 is 5.97. The van der Waals surface area contributed by atoms with Crippen molar-refractivity contribution in [2.24, 2.45) is 5.73 Å². The van der Waals surface area contributed by atoms with Crippen LogP contribution in [0.25, 0.3) is 0 Å². The standard InChI is InChI=1S/C8H12BrNO2/c1-8(4-10,5-11)6-2-3-7(9)12-6/h2-3,11H,4-5,10H2,1H3. The van der Waals surface area contributed by atoms with Crippen LogP contribution < -0.4 is 5.73 Å². The fourth-order valence-corrected chi connectivity index (χ4v) is 1.19. The molecule has 0 aliphatic rings. The van der Waals surface area contributed by atoms with Gasteiger partial charge in [-0.1, -0.05) is 0 Å². The Morgan fingerprint density at radius 2 is 2.33 bits per heavy atom. The van der Waals surface area contributed by atoms with Gasteiger partial charge in [0.15, 0.2) is 4.67 Å². The maximum atomic E-state index is 9.09. The smallest absolute Gasteiger partial charge is 0.169 e. The lowest BCUT2D eigenvalue weighted by Crippen LogP contribution is -2.35. The molecule has 68 valence electrons. The van der Waals surface area contributed by atoms with Crippen molar-refractivity contribution < 1.29 is 9.52 Å². The van der Waals surface area contributed by atoms with Crippen LogP contribution in [0.3, 0.4) is 0 Å². The molecule has 0 fully saturated rings. The topological polar surface area (TPSA) is 59.4 Å². The van der Waals surface area contributed by atoms with Crippen LogP contribution in [0.2, 0.25) is 0 Å². The molecular weight excluding hydrogens is 222 g/mol. The summed E-state index contributed by atoms with van der Waals surface area (Å²) in [6, 6.07) is 3.60. The third-order valence-electron chi connectivity index (χ3n) is 1.97. The van der Waals surface area contributed by atoms with Gasteiger partial charge in [0.1, 0.15) is 5.76 Å². The highest BCUT2D eigenvalue weighted by atomic mass is 79.9. The lowest BCUT2D eigenvalue weighted by atomic mass is 9.89. The monoisotopic (exact) mass is 233 g/mol. The molecule has 1 heterocycles. The molecule has 1 unspecified atom stereocenters. The summed E-state index contributed by atoms with van der Waals surface area (Å²) in [4.78, 5) is 0. The molecule has 3 N–H and O–H groups in total. The third-order valence-corrected chi connectivity index (χ3v) is 2.39. The van der Waals surface area contributed by atoms with Crippen molar-refractivity contribution in [3.8, 4) is 0 Å². The van der Waals surface area contributed by atoms with Gasteiger partial charge in [0.25, 0.3) is 0 Å². The van der Waals surface area contributed by atoms with Crippen molar-refractivity contribution in [3.05, 3.63) is 22.6 Å². The number of aliphatic hydroxyl groups excluding tert-OH is 1. The molecule has 0 spiro atoms. The van der Waals surface area contributed by atoms with Crippen molar-refractivity contribution in [1.82, 2.24) is 0 Å². The molecule has 4 heteroatoms. The highest BCUT2D eigenvalue weighted by Crippen LogP contribution is 2.26. The van der Waals surface area contributed by atoms with E-state index in [0.717, 1.165) is 0 Å². The summed E-state index contributed by atoms with van der Waals surface area (Å²) in [6.07, 6.45) is 0. The molecule has 0 amide bonds. The van der Waals surface area contributed by atoms with Gasteiger partial charge in [-0.3, -0.25) is 0 Å². The molecule has 0 bridgehead atoms. The van der Waals surface area contributed by atoms with Gasteiger partial charge >= 0.3 is 0 Å². The fraction of sp³-hybridized carbons (Fsp3) is 0.500. The first-order valence-electron chi connectivity index (χ1n) is 3.69. The van der Waals surface area contributed by atoms with E-state index in [1.807, 2.05) is 13.0 Å². The molecule has 1 rings (SSSR count). The minimum absolute atomic E-state index is 0.0105. The van der Waals surface area contributed by atoms with Gasteiger partial charge in [-0.2, -0.15) is 0 Å². The molecule has 3 nitrogen and oxygen atoms in total. The largest absolute Gasteiger partial charge is 0.454 e. The minimum Gasteiger partial charge on any atom is -0.454 e. The number of furan rings is 1. The van der Waals surface area contributed by atoms with Crippen molar-refractivity contribution in [2.45, 2.75) is 12.3 Å². The second-order valence-electron chi connectivity index (χ2n) is 3.03. The Labute approximate surface area is 79.7 Å². The van der Waals surface area contributed by atoms with Crippen LogP contribution in [0.15, 0.2) is 21.2 Å². The predicted molar refractivity (Wildman–Crippen MR) is 49.9 cm³/mol. The number of hydrogen-bond acceptors (Lipinski definition) is 3. The van der Waals surface area contributed by atoms with E-state index in [4.69, 9.17) is 15.3 Å². The Morgan fingerprint density at radius 1 is 1.67 bits per heavy atom. The predicted octanol–water partition coefficient (Wildman–Crippen LogP) is 1.25. The molecule has 12 heavy (non-hydrogen) atoms. The Bertz CT molecular complexity index is 255. The molecule has 0 radical (unpaired) electrons. The summed E-state index contributed by atoms with van der Waals surface area (Å²) in [5.74, 6) is 0.708. The molecule has 0 aromatic carbocycles. The number of nitrogens with two attached hydrogens (primary N) is 1. The van der Waals surface area contributed by atoms with Crippen LogP contribution in [-0.2, 0) is 5.41 Å². The van der Waals surface area contributed by atoms with Crippen LogP contribution in [-0.4, -0.2) is 18.3 Å². The molecule has 0 saturated heterocycles. The first kappa shape index (κ1) is 9.77. The van der Waals surface area contributed by atoms with E-state index in [2.05, 4.69) is 15.9 Å². The second-order valence-corrected chi connectivity index (χ2v) is 3.81. The zero-order valence-electron chi connectivity index (χ0n) is 6.88. The zero-order chi connectivity index (χ0) is 9.19. The van der Waals surface area contributed by atoms with Crippen LogP contribution >= 0.6 is 15.9 Å². The Kier molecular flexibility index (Phi) is 2.93. The van der Waals surface area contributed by atoms with E-state index in [9.17, 15) is 0 Å². The Balaban J connectivity index is 2.94. The van der Waals surface area contributed by atoms with E-state index < -0.39 is 5.41 Å². The second kappa shape index (κ2) is 3.60. The molecule has 0 aliphatic carbocycles. The first-order chi connectivity index (χ1) is 5.62. The summed E-state index contributed by atoms with van der Waals surface area (Å²) in [5.41, 5.74) is 5.06. The molecule has 1 aromatic rings. The molecular formula is C8H12BrNO2. The lowest BCUT2D eigenvalue weighted by molar-refractivity contribution is 0.187. The summed E-state index contributed by atoms with van der Waals surface area (Å²) in [7, 11) is 0. The van der Waals surface area contributed by atoms with E-state index in [0.29, 0.717) is 17.0 Å². The maximum absolute atomic E-state index is 9.09. The molecule has 0 aliphatic heterocycles. The summed E-state index contributed by atoms with van der Waals surface area (Å²) in [5, 5.41) is 9.09. The van der Waals surface area contributed by atoms with Crippen molar-refractivity contribution in [2.75, 3.05) is 13.2 Å². The van der Waals surface area contributed by atoms with Gasteiger partial charge in [-0.15, -0.1) is 0 Å². The Hall–Kier alpha value is -0.320.